The maximum absolute atomic E-state index is 13.4. The highest BCUT2D eigenvalue weighted by atomic mass is 16.5. The highest BCUT2D eigenvalue weighted by Crippen LogP contribution is 2.31. The van der Waals surface area contributed by atoms with E-state index in [0.717, 1.165) is 41.7 Å². The van der Waals surface area contributed by atoms with Gasteiger partial charge in [-0.1, -0.05) is 43.2 Å². The van der Waals surface area contributed by atoms with Gasteiger partial charge in [0.05, 0.1) is 18.5 Å². The molecule has 1 aliphatic rings. The first-order valence-electron chi connectivity index (χ1n) is 10.7. The molecule has 2 aromatic carbocycles. The molecule has 0 radical (unpaired) electrons. The van der Waals surface area contributed by atoms with Crippen LogP contribution in [0.3, 0.4) is 0 Å². The SMILES string of the molecule is COc1ccc(C2CCCCCN2C(=O)Cn2nc(C(N)=O)c3ccccc3c2=O)cc1. The number of amides is 2. The summed E-state index contributed by atoms with van der Waals surface area (Å²) in [5.41, 5.74) is 6.08. The van der Waals surface area contributed by atoms with Gasteiger partial charge in [0.1, 0.15) is 12.3 Å². The van der Waals surface area contributed by atoms with Crippen molar-refractivity contribution in [3.63, 3.8) is 0 Å². The number of primary amides is 1. The van der Waals surface area contributed by atoms with E-state index in [9.17, 15) is 14.4 Å². The lowest BCUT2D eigenvalue weighted by atomic mass is 10.0. The molecule has 32 heavy (non-hydrogen) atoms. The van der Waals surface area contributed by atoms with Gasteiger partial charge in [0.2, 0.25) is 5.91 Å². The predicted molar refractivity (Wildman–Crippen MR) is 120 cm³/mol. The Morgan fingerprint density at radius 3 is 2.47 bits per heavy atom. The summed E-state index contributed by atoms with van der Waals surface area (Å²) in [4.78, 5) is 40.1. The molecule has 0 bridgehead atoms. The monoisotopic (exact) mass is 434 g/mol. The van der Waals surface area contributed by atoms with Gasteiger partial charge in [0.15, 0.2) is 5.69 Å². The standard InChI is InChI=1S/C24H26N4O4/c1-32-17-12-10-16(11-13-17)20-9-3-2-6-14-27(20)21(29)15-28-24(31)19-8-5-4-7-18(19)22(26-28)23(25)30/h4-5,7-8,10-13,20H,2-3,6,9,14-15H2,1H3,(H2,25,30). The summed E-state index contributed by atoms with van der Waals surface area (Å²) in [5.74, 6) is -0.201. The molecule has 3 aromatic rings. The summed E-state index contributed by atoms with van der Waals surface area (Å²) in [6.45, 7) is 0.344. The number of likely N-dealkylation sites (tertiary alicyclic amines) is 1. The van der Waals surface area contributed by atoms with Crippen LogP contribution in [-0.4, -0.2) is 40.1 Å². The van der Waals surface area contributed by atoms with Gasteiger partial charge in [-0.15, -0.1) is 0 Å². The van der Waals surface area contributed by atoms with Gasteiger partial charge in [0, 0.05) is 11.9 Å². The molecular weight excluding hydrogens is 408 g/mol. The van der Waals surface area contributed by atoms with Crippen LogP contribution < -0.4 is 16.0 Å². The molecule has 2 N–H and O–H groups in total. The second kappa shape index (κ2) is 9.21. The minimum Gasteiger partial charge on any atom is -0.497 e. The number of fused-ring (bicyclic) bond motifs is 1. The van der Waals surface area contributed by atoms with Crippen molar-refractivity contribution in [3.05, 3.63) is 70.1 Å². The number of carbonyl (C=O) groups excluding carboxylic acids is 2. The number of aromatic nitrogens is 2. The third kappa shape index (κ3) is 4.21. The number of rotatable bonds is 5. The van der Waals surface area contributed by atoms with Crippen LogP contribution in [0.15, 0.2) is 53.3 Å². The minimum absolute atomic E-state index is 0.0180. The molecule has 166 valence electrons. The number of ether oxygens (including phenoxy) is 1. The highest BCUT2D eigenvalue weighted by Gasteiger charge is 2.28. The van der Waals surface area contributed by atoms with E-state index in [4.69, 9.17) is 10.5 Å². The fourth-order valence-electron chi connectivity index (χ4n) is 4.32. The second-order valence-electron chi connectivity index (χ2n) is 7.95. The molecule has 0 aliphatic carbocycles. The third-order valence-corrected chi connectivity index (χ3v) is 5.96. The zero-order valence-electron chi connectivity index (χ0n) is 18.0. The Balaban J connectivity index is 1.68. The maximum Gasteiger partial charge on any atom is 0.275 e. The van der Waals surface area contributed by atoms with E-state index in [2.05, 4.69) is 5.10 Å². The number of hydrogen-bond donors (Lipinski definition) is 1. The minimum atomic E-state index is -0.742. The average molecular weight is 434 g/mol. The van der Waals surface area contributed by atoms with Gasteiger partial charge in [-0.25, -0.2) is 4.68 Å². The van der Waals surface area contributed by atoms with Crippen molar-refractivity contribution >= 4 is 22.6 Å². The lowest BCUT2D eigenvalue weighted by Gasteiger charge is -2.30. The molecule has 1 unspecified atom stereocenters. The largest absolute Gasteiger partial charge is 0.497 e. The van der Waals surface area contributed by atoms with Crippen LogP contribution in [0.25, 0.3) is 10.8 Å². The molecule has 1 fully saturated rings. The highest BCUT2D eigenvalue weighted by molar-refractivity contribution is 6.04. The van der Waals surface area contributed by atoms with Gasteiger partial charge in [-0.2, -0.15) is 5.10 Å². The van der Waals surface area contributed by atoms with Crippen LogP contribution >= 0.6 is 0 Å². The van der Waals surface area contributed by atoms with Gasteiger partial charge in [-0.3, -0.25) is 14.4 Å². The number of nitrogens with two attached hydrogens (primary N) is 1. The third-order valence-electron chi connectivity index (χ3n) is 5.96. The first-order chi connectivity index (χ1) is 15.5. The Hall–Kier alpha value is -3.68. The number of benzene rings is 2. The van der Waals surface area contributed by atoms with Gasteiger partial charge < -0.3 is 15.4 Å². The van der Waals surface area contributed by atoms with E-state index in [1.165, 1.54) is 0 Å². The lowest BCUT2D eigenvalue weighted by molar-refractivity contribution is -0.134. The summed E-state index contributed by atoms with van der Waals surface area (Å²) < 4.78 is 6.30. The molecule has 1 atom stereocenters. The van der Waals surface area contributed by atoms with Gasteiger partial charge >= 0.3 is 0 Å². The van der Waals surface area contributed by atoms with Crippen LogP contribution in [0.1, 0.15) is 47.8 Å². The average Bonchev–Trinajstić information content (AvgIpc) is 3.07. The molecule has 1 aromatic heterocycles. The smallest absolute Gasteiger partial charge is 0.275 e. The Kier molecular flexibility index (Phi) is 6.20. The Morgan fingerprint density at radius 2 is 1.78 bits per heavy atom. The Bertz CT molecular complexity index is 1200. The molecule has 1 saturated heterocycles. The van der Waals surface area contributed by atoms with E-state index in [-0.39, 0.29) is 24.2 Å². The Labute approximate surface area is 185 Å². The molecule has 8 heteroatoms. The summed E-state index contributed by atoms with van der Waals surface area (Å²) in [6, 6.07) is 14.3. The summed E-state index contributed by atoms with van der Waals surface area (Å²) in [5, 5.41) is 4.84. The van der Waals surface area contributed by atoms with Crippen LogP contribution in [0.4, 0.5) is 0 Å². The van der Waals surface area contributed by atoms with E-state index in [1.54, 1.807) is 31.4 Å². The quantitative estimate of drug-likeness (QED) is 0.664. The number of hydrogen-bond acceptors (Lipinski definition) is 5. The molecule has 0 spiro atoms. The van der Waals surface area contributed by atoms with Crippen molar-refractivity contribution in [1.29, 1.82) is 0 Å². The summed E-state index contributed by atoms with van der Waals surface area (Å²) in [6.07, 6.45) is 3.78. The maximum atomic E-state index is 13.4. The lowest BCUT2D eigenvalue weighted by Crippen LogP contribution is -2.40. The van der Waals surface area contributed by atoms with Gasteiger partial charge in [0.25, 0.3) is 11.5 Å². The normalized spacial score (nSPS) is 16.5. The fraction of sp³-hybridized carbons (Fsp3) is 0.333. The molecule has 1 aliphatic heterocycles. The zero-order valence-corrected chi connectivity index (χ0v) is 18.0. The second-order valence-corrected chi connectivity index (χ2v) is 7.95. The molecule has 0 saturated carbocycles. The van der Waals surface area contributed by atoms with Crippen LogP contribution in [0, 0.1) is 0 Å². The zero-order chi connectivity index (χ0) is 22.7. The number of carbonyl (C=O) groups is 2. The van der Waals surface area contributed by atoms with Crippen molar-refractivity contribution in [3.8, 4) is 5.75 Å². The van der Waals surface area contributed by atoms with Crippen molar-refractivity contribution < 1.29 is 14.3 Å². The summed E-state index contributed by atoms with van der Waals surface area (Å²) in [7, 11) is 1.62. The number of nitrogens with zero attached hydrogens (tertiary/aromatic N) is 3. The first-order valence-corrected chi connectivity index (χ1v) is 10.7. The first kappa shape index (κ1) is 21.5. The van der Waals surface area contributed by atoms with E-state index < -0.39 is 11.5 Å². The van der Waals surface area contributed by atoms with E-state index in [0.29, 0.717) is 17.3 Å². The molecule has 8 nitrogen and oxygen atoms in total. The van der Waals surface area contributed by atoms with E-state index in [1.807, 2.05) is 29.2 Å². The van der Waals surface area contributed by atoms with Crippen LogP contribution in [0.2, 0.25) is 0 Å². The van der Waals surface area contributed by atoms with Gasteiger partial charge in [-0.05, 0) is 36.6 Å². The van der Waals surface area contributed by atoms with Crippen molar-refractivity contribution in [2.75, 3.05) is 13.7 Å². The topological polar surface area (TPSA) is 108 Å². The van der Waals surface area contributed by atoms with E-state index >= 15 is 0 Å². The Morgan fingerprint density at radius 1 is 1.06 bits per heavy atom. The molecule has 4 rings (SSSR count). The molecule has 2 amide bonds. The molecule has 2 heterocycles. The fourth-order valence-corrected chi connectivity index (χ4v) is 4.32. The van der Waals surface area contributed by atoms with Crippen LogP contribution in [0.5, 0.6) is 5.75 Å². The van der Waals surface area contributed by atoms with Crippen molar-refractivity contribution in [2.45, 2.75) is 38.3 Å². The molecular formula is C24H26N4O4. The van der Waals surface area contributed by atoms with Crippen molar-refractivity contribution in [1.82, 2.24) is 14.7 Å². The summed E-state index contributed by atoms with van der Waals surface area (Å²) >= 11 is 0. The predicted octanol–water partition coefficient (Wildman–Crippen LogP) is 2.65. The van der Waals surface area contributed by atoms with Crippen LogP contribution in [-0.2, 0) is 11.3 Å². The van der Waals surface area contributed by atoms with Crippen molar-refractivity contribution in [2.24, 2.45) is 5.73 Å². The number of methoxy groups -OCH3 is 1.